The number of hydrogen-bond acceptors (Lipinski definition) is 7. The van der Waals surface area contributed by atoms with Gasteiger partial charge in [-0.3, -0.25) is 0 Å². The van der Waals surface area contributed by atoms with Crippen LogP contribution in [0.2, 0.25) is 5.02 Å². The standard InChI is InChI=1S/C24H25ClN2O6S/c1-34(29,30)12-24(6-7-24)14-4-2-13(3-5-14)21-15(25)8-16-17(27-21)9-20(26-16)33-19-11-32-22-18(28)10-31-23(19)22/h2-5,8-9,18-19,22-23,26,28H,6-7,10-12H2,1H3/t18-,19-,22-,23-/m1/s1. The van der Waals surface area contributed by atoms with Crippen molar-refractivity contribution in [1.29, 1.82) is 0 Å². The fourth-order valence-electron chi connectivity index (χ4n) is 5.13. The predicted octanol–water partition coefficient (Wildman–Crippen LogP) is 2.87. The van der Waals surface area contributed by atoms with Gasteiger partial charge in [0.05, 0.1) is 40.7 Å². The van der Waals surface area contributed by atoms with Crippen molar-refractivity contribution >= 4 is 32.5 Å². The van der Waals surface area contributed by atoms with Gasteiger partial charge in [-0.15, -0.1) is 0 Å². The molecule has 2 aromatic heterocycles. The molecule has 0 radical (unpaired) electrons. The summed E-state index contributed by atoms with van der Waals surface area (Å²) >= 11 is 6.57. The van der Waals surface area contributed by atoms with Gasteiger partial charge in [-0.05, 0) is 24.5 Å². The molecule has 0 unspecified atom stereocenters. The van der Waals surface area contributed by atoms with Gasteiger partial charge in [-0.25, -0.2) is 13.4 Å². The number of sulfone groups is 1. The largest absolute Gasteiger partial charge is 0.470 e. The van der Waals surface area contributed by atoms with E-state index in [1.807, 2.05) is 36.4 Å². The molecule has 3 aliphatic rings. The third kappa shape index (κ3) is 3.99. The van der Waals surface area contributed by atoms with E-state index in [1.54, 1.807) is 0 Å². The molecule has 0 amide bonds. The van der Waals surface area contributed by atoms with Crippen molar-refractivity contribution in [3.63, 3.8) is 0 Å². The summed E-state index contributed by atoms with van der Waals surface area (Å²) in [4.78, 5) is 7.94. The van der Waals surface area contributed by atoms with Crippen LogP contribution in [0.3, 0.4) is 0 Å². The number of rotatable bonds is 6. The van der Waals surface area contributed by atoms with Gasteiger partial charge in [0.2, 0.25) is 0 Å². The van der Waals surface area contributed by atoms with E-state index in [0.717, 1.165) is 29.5 Å². The molecule has 34 heavy (non-hydrogen) atoms. The summed E-state index contributed by atoms with van der Waals surface area (Å²) in [5.41, 5.74) is 3.72. The van der Waals surface area contributed by atoms with Crippen LogP contribution in [0.25, 0.3) is 22.3 Å². The molecule has 2 N–H and O–H groups in total. The van der Waals surface area contributed by atoms with Crippen LogP contribution in [0.5, 0.6) is 5.88 Å². The zero-order chi connectivity index (χ0) is 23.7. The van der Waals surface area contributed by atoms with Crippen molar-refractivity contribution in [2.24, 2.45) is 0 Å². The smallest absolute Gasteiger partial charge is 0.193 e. The Morgan fingerprint density at radius 3 is 2.62 bits per heavy atom. The van der Waals surface area contributed by atoms with Crippen LogP contribution in [0.15, 0.2) is 36.4 Å². The normalized spacial score (nSPS) is 27.7. The summed E-state index contributed by atoms with van der Waals surface area (Å²) in [6.07, 6.45) is 1.45. The molecule has 1 aliphatic carbocycles. The quantitative estimate of drug-likeness (QED) is 0.531. The topological polar surface area (TPSA) is 111 Å². The van der Waals surface area contributed by atoms with Gasteiger partial charge in [-0.1, -0.05) is 35.9 Å². The molecule has 0 bridgehead atoms. The van der Waals surface area contributed by atoms with Gasteiger partial charge in [0.25, 0.3) is 0 Å². The van der Waals surface area contributed by atoms with Gasteiger partial charge < -0.3 is 24.3 Å². The lowest BCUT2D eigenvalue weighted by Gasteiger charge is -2.16. The first-order valence-corrected chi connectivity index (χ1v) is 13.7. The maximum absolute atomic E-state index is 11.8. The second-order valence-electron chi connectivity index (χ2n) is 9.63. The van der Waals surface area contributed by atoms with Gasteiger partial charge in [0, 0.05) is 23.3 Å². The van der Waals surface area contributed by atoms with E-state index in [2.05, 4.69) is 4.98 Å². The minimum absolute atomic E-state index is 0.175. The molecule has 8 nitrogen and oxygen atoms in total. The predicted molar refractivity (Wildman–Crippen MR) is 127 cm³/mol. The first kappa shape index (κ1) is 22.3. The Balaban J connectivity index is 1.24. The number of nitrogens with one attached hydrogen (secondary N) is 1. The number of nitrogens with zero attached hydrogens (tertiary/aromatic N) is 1. The fourth-order valence-corrected chi connectivity index (χ4v) is 6.85. The zero-order valence-electron chi connectivity index (χ0n) is 18.5. The van der Waals surface area contributed by atoms with Crippen molar-refractivity contribution in [3.8, 4) is 17.1 Å². The van der Waals surface area contributed by atoms with Crippen LogP contribution in [0, 0.1) is 0 Å². The Morgan fingerprint density at radius 1 is 1.18 bits per heavy atom. The number of pyridine rings is 1. The van der Waals surface area contributed by atoms with Crippen molar-refractivity contribution in [1.82, 2.24) is 9.97 Å². The molecule has 4 heterocycles. The van der Waals surface area contributed by atoms with E-state index in [1.165, 1.54) is 6.26 Å². The van der Waals surface area contributed by atoms with Crippen LogP contribution in [0.1, 0.15) is 18.4 Å². The van der Waals surface area contributed by atoms with Crippen LogP contribution in [-0.4, -0.2) is 73.1 Å². The fraction of sp³-hybridized carbons (Fsp3) is 0.458. The molecule has 180 valence electrons. The summed E-state index contributed by atoms with van der Waals surface area (Å²) in [5.74, 6) is 0.704. The van der Waals surface area contributed by atoms with E-state index in [-0.39, 0.29) is 36.1 Å². The molecule has 3 aromatic rings. The Bertz CT molecular complexity index is 1350. The van der Waals surface area contributed by atoms with Gasteiger partial charge >= 0.3 is 0 Å². The highest BCUT2D eigenvalue weighted by molar-refractivity contribution is 7.90. The second kappa shape index (κ2) is 7.93. The number of H-pyrrole nitrogens is 1. The molecule has 1 aromatic carbocycles. The summed E-state index contributed by atoms with van der Waals surface area (Å²) in [7, 11) is -3.05. The van der Waals surface area contributed by atoms with Crippen LogP contribution < -0.4 is 4.74 Å². The van der Waals surface area contributed by atoms with E-state index >= 15 is 0 Å². The van der Waals surface area contributed by atoms with E-state index in [4.69, 9.17) is 30.8 Å². The summed E-state index contributed by atoms with van der Waals surface area (Å²) in [6, 6.07) is 11.5. The summed E-state index contributed by atoms with van der Waals surface area (Å²) in [5, 5.41) is 10.4. The zero-order valence-corrected chi connectivity index (χ0v) is 20.1. The number of halogens is 1. The summed E-state index contributed by atoms with van der Waals surface area (Å²) in [6.45, 7) is 0.588. The Labute approximate surface area is 202 Å². The molecule has 0 spiro atoms. The van der Waals surface area contributed by atoms with Crippen molar-refractivity contribution in [2.75, 3.05) is 25.2 Å². The van der Waals surface area contributed by atoms with Crippen molar-refractivity contribution < 1.29 is 27.7 Å². The molecule has 4 atom stereocenters. The number of aromatic amines is 1. The highest BCUT2D eigenvalue weighted by Gasteiger charge is 2.49. The Kier molecular flexibility index (Phi) is 5.20. The lowest BCUT2D eigenvalue weighted by atomic mass is 9.96. The average molecular weight is 505 g/mol. The third-order valence-electron chi connectivity index (χ3n) is 6.95. The van der Waals surface area contributed by atoms with Crippen molar-refractivity contribution in [2.45, 2.75) is 42.7 Å². The number of aliphatic hydroxyl groups excluding tert-OH is 1. The average Bonchev–Trinajstić information content (AvgIpc) is 3.10. The number of benzene rings is 1. The van der Waals surface area contributed by atoms with Crippen LogP contribution in [0.4, 0.5) is 0 Å². The molecular formula is C24H25ClN2O6S. The maximum Gasteiger partial charge on any atom is 0.193 e. The monoisotopic (exact) mass is 504 g/mol. The Morgan fingerprint density at radius 2 is 1.91 bits per heavy atom. The molecule has 2 saturated heterocycles. The SMILES string of the molecule is CS(=O)(=O)CC1(c2ccc(-c3nc4cc(O[C@@H]5CO[C@H]6[C@@H]5OC[C@H]6O)[nH]c4cc3Cl)cc2)CC1. The molecular weight excluding hydrogens is 480 g/mol. The Hall–Kier alpha value is -2.17. The van der Waals surface area contributed by atoms with Gasteiger partial charge in [-0.2, -0.15) is 0 Å². The molecule has 10 heteroatoms. The molecule has 3 fully saturated rings. The molecule has 6 rings (SSSR count). The second-order valence-corrected chi connectivity index (χ2v) is 12.2. The van der Waals surface area contributed by atoms with Crippen molar-refractivity contribution in [3.05, 3.63) is 47.0 Å². The molecule has 1 saturated carbocycles. The first-order valence-electron chi connectivity index (χ1n) is 11.3. The van der Waals surface area contributed by atoms with Gasteiger partial charge in [0.15, 0.2) is 12.0 Å². The highest BCUT2D eigenvalue weighted by atomic mass is 35.5. The molecule has 2 aliphatic heterocycles. The first-order chi connectivity index (χ1) is 16.2. The minimum atomic E-state index is -3.05. The lowest BCUT2D eigenvalue weighted by molar-refractivity contribution is 0.00794. The number of hydrogen-bond donors (Lipinski definition) is 2. The van der Waals surface area contributed by atoms with Crippen LogP contribution in [-0.2, 0) is 24.7 Å². The van der Waals surface area contributed by atoms with E-state index in [9.17, 15) is 13.5 Å². The number of fused-ring (bicyclic) bond motifs is 2. The third-order valence-corrected chi connectivity index (χ3v) is 8.32. The number of aliphatic hydroxyl groups is 1. The number of aromatic nitrogens is 2. The van der Waals surface area contributed by atoms with Crippen LogP contribution >= 0.6 is 11.6 Å². The maximum atomic E-state index is 11.8. The minimum Gasteiger partial charge on any atom is -0.470 e. The number of ether oxygens (including phenoxy) is 3. The lowest BCUT2D eigenvalue weighted by Crippen LogP contribution is -2.34. The van der Waals surface area contributed by atoms with E-state index < -0.39 is 15.9 Å². The van der Waals surface area contributed by atoms with E-state index in [0.29, 0.717) is 28.7 Å². The highest BCUT2D eigenvalue weighted by Crippen LogP contribution is 2.49. The summed E-state index contributed by atoms with van der Waals surface area (Å²) < 4.78 is 41.0. The van der Waals surface area contributed by atoms with Gasteiger partial charge in [0.1, 0.15) is 28.1 Å².